The maximum atomic E-state index is 13.0. The van der Waals surface area contributed by atoms with E-state index in [0.717, 1.165) is 10.2 Å². The Morgan fingerprint density at radius 3 is 2.55 bits per heavy atom. The van der Waals surface area contributed by atoms with Gasteiger partial charge >= 0.3 is 0 Å². The van der Waals surface area contributed by atoms with Gasteiger partial charge in [-0.1, -0.05) is 28.6 Å². The van der Waals surface area contributed by atoms with E-state index in [1.807, 2.05) is 24.3 Å². The summed E-state index contributed by atoms with van der Waals surface area (Å²) in [6, 6.07) is 7.77. The first-order valence-corrected chi connectivity index (χ1v) is 11.6. The predicted molar refractivity (Wildman–Crippen MR) is 110 cm³/mol. The van der Waals surface area contributed by atoms with Gasteiger partial charge in [0.25, 0.3) is 0 Å². The van der Waals surface area contributed by atoms with E-state index < -0.39 is 10.0 Å². The quantitative estimate of drug-likeness (QED) is 0.626. The number of para-hydroxylation sites is 1. The molecule has 1 saturated heterocycles. The van der Waals surface area contributed by atoms with Gasteiger partial charge in [-0.2, -0.15) is 4.31 Å². The standard InChI is InChI=1S/C19H22N4O4S2/c1-12-17(13(2)27-21-12)29(25,26)23-10-8-14(9-11-23)18(24)22(3)19-20-15-6-4-5-7-16(15)28-19/h4-7,14H,8-11H2,1-3H3. The van der Waals surface area contributed by atoms with Gasteiger partial charge in [0.05, 0.1) is 10.2 Å². The summed E-state index contributed by atoms with van der Waals surface area (Å²) in [6.07, 6.45) is 0.938. The van der Waals surface area contributed by atoms with Gasteiger partial charge in [-0.25, -0.2) is 13.4 Å². The Bertz CT molecular complexity index is 1110. The first kappa shape index (κ1) is 20.0. The number of aromatic nitrogens is 2. The maximum absolute atomic E-state index is 13.0. The van der Waals surface area contributed by atoms with E-state index in [1.54, 1.807) is 25.8 Å². The van der Waals surface area contributed by atoms with E-state index in [9.17, 15) is 13.2 Å². The van der Waals surface area contributed by atoms with Gasteiger partial charge in [0, 0.05) is 26.1 Å². The summed E-state index contributed by atoms with van der Waals surface area (Å²) in [4.78, 5) is 19.2. The molecular formula is C19H22N4O4S2. The summed E-state index contributed by atoms with van der Waals surface area (Å²) < 4.78 is 33.3. The number of rotatable bonds is 4. The molecule has 0 radical (unpaired) electrons. The number of carbonyl (C=O) groups is 1. The van der Waals surface area contributed by atoms with Crippen LogP contribution in [-0.4, -0.2) is 48.9 Å². The van der Waals surface area contributed by atoms with Crippen molar-refractivity contribution in [1.29, 1.82) is 0 Å². The number of aryl methyl sites for hydroxylation is 2. The van der Waals surface area contributed by atoms with E-state index in [4.69, 9.17) is 4.52 Å². The van der Waals surface area contributed by atoms with Crippen LogP contribution < -0.4 is 4.90 Å². The van der Waals surface area contributed by atoms with Gasteiger partial charge in [-0.05, 0) is 38.8 Å². The lowest BCUT2D eigenvalue weighted by atomic mass is 9.97. The van der Waals surface area contributed by atoms with E-state index in [2.05, 4.69) is 10.1 Å². The fourth-order valence-electron chi connectivity index (χ4n) is 3.69. The zero-order valence-corrected chi connectivity index (χ0v) is 18.1. The van der Waals surface area contributed by atoms with Crippen LogP contribution in [0.3, 0.4) is 0 Å². The fraction of sp³-hybridized carbons (Fsp3) is 0.421. The number of nitrogens with zero attached hydrogens (tertiary/aromatic N) is 4. The van der Waals surface area contributed by atoms with Crippen molar-refractivity contribution in [2.45, 2.75) is 31.6 Å². The van der Waals surface area contributed by atoms with Crippen molar-refractivity contribution in [2.75, 3.05) is 25.0 Å². The first-order chi connectivity index (χ1) is 13.8. The van der Waals surface area contributed by atoms with Crippen molar-refractivity contribution >= 4 is 42.6 Å². The number of hydrogen-bond acceptors (Lipinski definition) is 7. The van der Waals surface area contributed by atoms with Crippen LogP contribution in [-0.2, 0) is 14.8 Å². The molecule has 0 bridgehead atoms. The number of anilines is 1. The number of carbonyl (C=O) groups excluding carboxylic acids is 1. The third-order valence-corrected chi connectivity index (χ3v) is 8.53. The number of thiazole rings is 1. The highest BCUT2D eigenvalue weighted by atomic mass is 32.2. The smallest absolute Gasteiger partial charge is 0.248 e. The number of amides is 1. The van der Waals surface area contributed by atoms with Crippen LogP contribution in [0.1, 0.15) is 24.3 Å². The van der Waals surface area contributed by atoms with Gasteiger partial charge in [0.15, 0.2) is 10.9 Å². The molecule has 10 heteroatoms. The zero-order valence-electron chi connectivity index (χ0n) is 16.5. The minimum absolute atomic E-state index is 0.0292. The SMILES string of the molecule is Cc1noc(C)c1S(=O)(=O)N1CCC(C(=O)N(C)c2nc3ccccc3s2)CC1. The van der Waals surface area contributed by atoms with E-state index in [0.29, 0.717) is 23.7 Å². The minimum Gasteiger partial charge on any atom is -0.360 e. The van der Waals surface area contributed by atoms with Crippen molar-refractivity contribution in [3.8, 4) is 0 Å². The van der Waals surface area contributed by atoms with Crippen molar-refractivity contribution in [3.05, 3.63) is 35.7 Å². The van der Waals surface area contributed by atoms with Gasteiger partial charge in [0.1, 0.15) is 10.6 Å². The number of sulfonamides is 1. The molecule has 3 aromatic rings. The summed E-state index contributed by atoms with van der Waals surface area (Å²) in [5.74, 6) is 0.0258. The Balaban J connectivity index is 1.45. The van der Waals surface area contributed by atoms with E-state index >= 15 is 0 Å². The van der Waals surface area contributed by atoms with Crippen LogP contribution in [0.5, 0.6) is 0 Å². The lowest BCUT2D eigenvalue weighted by Crippen LogP contribution is -2.43. The molecule has 154 valence electrons. The Hall–Kier alpha value is -2.30. The van der Waals surface area contributed by atoms with Crippen LogP contribution in [0.2, 0.25) is 0 Å². The second kappa shape index (κ2) is 7.51. The second-order valence-corrected chi connectivity index (χ2v) is 10.1. The molecule has 2 aromatic heterocycles. The summed E-state index contributed by atoms with van der Waals surface area (Å²) in [7, 11) is -1.95. The largest absolute Gasteiger partial charge is 0.360 e. The maximum Gasteiger partial charge on any atom is 0.248 e. The number of benzene rings is 1. The topological polar surface area (TPSA) is 96.6 Å². The minimum atomic E-state index is -3.68. The van der Waals surface area contributed by atoms with Crippen LogP contribution >= 0.6 is 11.3 Å². The molecule has 0 N–H and O–H groups in total. The molecule has 0 atom stereocenters. The molecule has 4 rings (SSSR count). The van der Waals surface area contributed by atoms with Crippen LogP contribution in [0.25, 0.3) is 10.2 Å². The molecule has 0 unspecified atom stereocenters. The summed E-state index contributed by atoms with van der Waals surface area (Å²) in [5, 5.41) is 4.40. The molecular weight excluding hydrogens is 412 g/mol. The molecule has 1 amide bonds. The molecule has 1 aromatic carbocycles. The Morgan fingerprint density at radius 1 is 1.24 bits per heavy atom. The molecule has 1 aliphatic rings. The highest BCUT2D eigenvalue weighted by Gasteiger charge is 2.36. The van der Waals surface area contributed by atoms with E-state index in [-0.39, 0.29) is 35.6 Å². The van der Waals surface area contributed by atoms with Crippen molar-refractivity contribution in [3.63, 3.8) is 0 Å². The summed E-state index contributed by atoms with van der Waals surface area (Å²) in [6.45, 7) is 3.79. The van der Waals surface area contributed by atoms with Crippen LogP contribution in [0.4, 0.5) is 5.13 Å². The summed E-state index contributed by atoms with van der Waals surface area (Å²) >= 11 is 1.47. The Kier molecular flexibility index (Phi) is 5.18. The number of hydrogen-bond donors (Lipinski definition) is 0. The highest BCUT2D eigenvalue weighted by molar-refractivity contribution is 7.89. The molecule has 1 aliphatic heterocycles. The predicted octanol–water partition coefficient (Wildman–Crippen LogP) is 2.96. The van der Waals surface area contributed by atoms with E-state index in [1.165, 1.54) is 15.6 Å². The molecule has 8 nitrogen and oxygen atoms in total. The van der Waals surface area contributed by atoms with Gasteiger partial charge in [-0.15, -0.1) is 0 Å². The lowest BCUT2D eigenvalue weighted by molar-refractivity contribution is -0.123. The molecule has 0 saturated carbocycles. The highest BCUT2D eigenvalue weighted by Crippen LogP contribution is 2.31. The number of fused-ring (bicyclic) bond motifs is 1. The third-order valence-electron chi connectivity index (χ3n) is 5.27. The van der Waals surface area contributed by atoms with Gasteiger partial charge in [-0.3, -0.25) is 9.69 Å². The molecule has 29 heavy (non-hydrogen) atoms. The van der Waals surface area contributed by atoms with Crippen LogP contribution in [0.15, 0.2) is 33.7 Å². The van der Waals surface area contributed by atoms with Gasteiger partial charge < -0.3 is 4.52 Å². The second-order valence-electron chi connectivity index (χ2n) is 7.19. The third kappa shape index (κ3) is 3.56. The molecule has 1 fully saturated rings. The molecule has 0 aliphatic carbocycles. The molecule has 0 spiro atoms. The lowest BCUT2D eigenvalue weighted by Gasteiger charge is -2.31. The zero-order chi connectivity index (χ0) is 20.8. The average Bonchev–Trinajstić information content (AvgIpc) is 3.30. The average molecular weight is 435 g/mol. The Labute approximate surface area is 173 Å². The Morgan fingerprint density at radius 2 is 1.93 bits per heavy atom. The number of piperidine rings is 1. The normalized spacial score (nSPS) is 16.4. The summed E-state index contributed by atoms with van der Waals surface area (Å²) in [5.41, 5.74) is 1.23. The van der Waals surface area contributed by atoms with Gasteiger partial charge in [0.2, 0.25) is 15.9 Å². The first-order valence-electron chi connectivity index (χ1n) is 9.35. The van der Waals surface area contributed by atoms with Crippen molar-refractivity contribution in [2.24, 2.45) is 5.92 Å². The van der Waals surface area contributed by atoms with Crippen molar-refractivity contribution < 1.29 is 17.7 Å². The molecule has 3 heterocycles. The van der Waals surface area contributed by atoms with Crippen LogP contribution in [0, 0.1) is 19.8 Å². The van der Waals surface area contributed by atoms with Crippen molar-refractivity contribution in [1.82, 2.24) is 14.4 Å². The monoisotopic (exact) mass is 434 g/mol. The fourth-order valence-corrected chi connectivity index (χ4v) is 6.38.